The fraction of sp³-hybridized carbons (Fsp3) is 0.133. The van der Waals surface area contributed by atoms with E-state index in [9.17, 15) is 4.79 Å². The standard InChI is InChI=1S/C15H15ClN2O2/c1-20-11-8-6-10(7-9-11)18-14(15(17)19)12-4-2-3-5-13(12)16/h2-9,14,18H,1H3,(H2,17,19). The lowest BCUT2D eigenvalue weighted by Gasteiger charge is -2.18. The number of hydrogen-bond donors (Lipinski definition) is 2. The van der Waals surface area contributed by atoms with Crippen LogP contribution in [0.4, 0.5) is 5.69 Å². The average molecular weight is 291 g/mol. The molecule has 104 valence electrons. The third-order valence-electron chi connectivity index (χ3n) is 2.90. The van der Waals surface area contributed by atoms with Crippen molar-refractivity contribution in [2.75, 3.05) is 12.4 Å². The average Bonchev–Trinajstić information content (AvgIpc) is 2.46. The minimum absolute atomic E-state index is 0.492. The van der Waals surface area contributed by atoms with Gasteiger partial charge < -0.3 is 15.8 Å². The Bertz CT molecular complexity index is 599. The number of carbonyl (C=O) groups is 1. The van der Waals surface area contributed by atoms with Crippen molar-refractivity contribution in [2.45, 2.75) is 6.04 Å². The van der Waals surface area contributed by atoms with Gasteiger partial charge in [-0.05, 0) is 30.3 Å². The Labute approximate surface area is 122 Å². The Morgan fingerprint density at radius 3 is 2.40 bits per heavy atom. The van der Waals surface area contributed by atoms with Crippen LogP contribution in [-0.4, -0.2) is 13.0 Å². The van der Waals surface area contributed by atoms with E-state index < -0.39 is 11.9 Å². The van der Waals surface area contributed by atoms with Gasteiger partial charge in [0, 0.05) is 16.3 Å². The maximum absolute atomic E-state index is 11.7. The second kappa shape index (κ2) is 6.30. The minimum atomic E-state index is -0.683. The minimum Gasteiger partial charge on any atom is -0.497 e. The largest absolute Gasteiger partial charge is 0.497 e. The number of ether oxygens (including phenoxy) is 1. The van der Waals surface area contributed by atoms with Crippen molar-refractivity contribution < 1.29 is 9.53 Å². The zero-order valence-electron chi connectivity index (χ0n) is 11.0. The molecule has 4 nitrogen and oxygen atoms in total. The topological polar surface area (TPSA) is 64.3 Å². The Morgan fingerprint density at radius 1 is 1.20 bits per heavy atom. The van der Waals surface area contributed by atoms with Gasteiger partial charge in [-0.2, -0.15) is 0 Å². The number of nitrogens with one attached hydrogen (secondary N) is 1. The molecule has 0 bridgehead atoms. The van der Waals surface area contributed by atoms with Crippen LogP contribution in [0.15, 0.2) is 48.5 Å². The van der Waals surface area contributed by atoms with Gasteiger partial charge in [-0.1, -0.05) is 29.8 Å². The fourth-order valence-corrected chi connectivity index (χ4v) is 2.11. The molecule has 3 N–H and O–H groups in total. The number of anilines is 1. The molecule has 2 rings (SSSR count). The van der Waals surface area contributed by atoms with Gasteiger partial charge in [0.15, 0.2) is 0 Å². The lowest BCUT2D eigenvalue weighted by Crippen LogP contribution is -2.27. The quantitative estimate of drug-likeness (QED) is 0.890. The van der Waals surface area contributed by atoms with Crippen molar-refractivity contribution in [3.05, 3.63) is 59.1 Å². The second-order valence-electron chi connectivity index (χ2n) is 4.23. The van der Waals surface area contributed by atoms with Crippen LogP contribution < -0.4 is 15.8 Å². The zero-order valence-corrected chi connectivity index (χ0v) is 11.7. The number of rotatable bonds is 5. The predicted octanol–water partition coefficient (Wildman–Crippen LogP) is 2.99. The summed E-state index contributed by atoms with van der Waals surface area (Å²) in [6.45, 7) is 0. The number of halogens is 1. The van der Waals surface area contributed by atoms with E-state index in [1.165, 1.54) is 0 Å². The van der Waals surface area contributed by atoms with E-state index in [1.807, 2.05) is 18.2 Å². The summed E-state index contributed by atoms with van der Waals surface area (Å²) in [7, 11) is 1.60. The van der Waals surface area contributed by atoms with Gasteiger partial charge in [-0.15, -0.1) is 0 Å². The molecule has 0 saturated carbocycles. The molecule has 0 aliphatic heterocycles. The molecule has 1 unspecified atom stereocenters. The summed E-state index contributed by atoms with van der Waals surface area (Å²) in [6.07, 6.45) is 0. The van der Waals surface area contributed by atoms with Crippen molar-refractivity contribution >= 4 is 23.2 Å². The summed E-state index contributed by atoms with van der Waals surface area (Å²) < 4.78 is 5.08. The molecule has 20 heavy (non-hydrogen) atoms. The van der Waals surface area contributed by atoms with E-state index in [4.69, 9.17) is 22.1 Å². The number of amides is 1. The van der Waals surface area contributed by atoms with Crippen molar-refractivity contribution in [3.8, 4) is 5.75 Å². The maximum Gasteiger partial charge on any atom is 0.244 e. The first-order chi connectivity index (χ1) is 9.61. The third kappa shape index (κ3) is 3.22. The zero-order chi connectivity index (χ0) is 14.5. The van der Waals surface area contributed by atoms with Crippen LogP contribution in [0.25, 0.3) is 0 Å². The van der Waals surface area contributed by atoms with E-state index in [0.29, 0.717) is 10.6 Å². The number of benzene rings is 2. The van der Waals surface area contributed by atoms with Gasteiger partial charge in [0.1, 0.15) is 11.8 Å². The Kier molecular flexibility index (Phi) is 4.48. The molecular formula is C15H15ClN2O2. The van der Waals surface area contributed by atoms with E-state index in [-0.39, 0.29) is 0 Å². The number of methoxy groups -OCH3 is 1. The van der Waals surface area contributed by atoms with Crippen molar-refractivity contribution in [3.63, 3.8) is 0 Å². The Morgan fingerprint density at radius 2 is 1.85 bits per heavy atom. The number of hydrogen-bond acceptors (Lipinski definition) is 3. The third-order valence-corrected chi connectivity index (χ3v) is 3.25. The van der Waals surface area contributed by atoms with Crippen LogP contribution in [0.3, 0.4) is 0 Å². The van der Waals surface area contributed by atoms with Gasteiger partial charge in [-0.25, -0.2) is 0 Å². The van der Waals surface area contributed by atoms with Gasteiger partial charge in [0.2, 0.25) is 5.91 Å². The molecule has 0 spiro atoms. The fourth-order valence-electron chi connectivity index (χ4n) is 1.87. The predicted molar refractivity (Wildman–Crippen MR) is 80.0 cm³/mol. The van der Waals surface area contributed by atoms with Crippen molar-refractivity contribution in [1.82, 2.24) is 0 Å². The number of carbonyl (C=O) groups excluding carboxylic acids is 1. The molecule has 2 aromatic carbocycles. The summed E-state index contributed by atoms with van der Waals surface area (Å²) in [6, 6.07) is 13.6. The number of nitrogens with two attached hydrogens (primary N) is 1. The van der Waals surface area contributed by atoms with Gasteiger partial charge in [0.25, 0.3) is 0 Å². The van der Waals surface area contributed by atoms with Gasteiger partial charge in [-0.3, -0.25) is 4.79 Å². The van der Waals surface area contributed by atoms with Crippen molar-refractivity contribution in [2.24, 2.45) is 5.73 Å². The molecule has 2 aromatic rings. The molecule has 0 saturated heterocycles. The van der Waals surface area contributed by atoms with Crippen molar-refractivity contribution in [1.29, 1.82) is 0 Å². The molecule has 0 heterocycles. The highest BCUT2D eigenvalue weighted by molar-refractivity contribution is 6.31. The van der Waals surface area contributed by atoms with Crippen LogP contribution in [0.1, 0.15) is 11.6 Å². The summed E-state index contributed by atoms with van der Waals surface area (Å²) in [5.74, 6) is 0.248. The van der Waals surface area contributed by atoms with Crippen LogP contribution in [0, 0.1) is 0 Å². The SMILES string of the molecule is COc1ccc(NC(C(N)=O)c2ccccc2Cl)cc1. The normalized spacial score (nSPS) is 11.7. The molecule has 0 radical (unpaired) electrons. The second-order valence-corrected chi connectivity index (χ2v) is 4.64. The summed E-state index contributed by atoms with van der Waals surface area (Å²) >= 11 is 6.11. The molecule has 0 aromatic heterocycles. The Balaban J connectivity index is 2.26. The van der Waals surface area contributed by atoms with Crippen LogP contribution in [-0.2, 0) is 4.79 Å². The molecule has 0 aliphatic rings. The van der Waals surface area contributed by atoms with Gasteiger partial charge in [0.05, 0.1) is 7.11 Å². The maximum atomic E-state index is 11.7. The molecular weight excluding hydrogens is 276 g/mol. The van der Waals surface area contributed by atoms with Crippen LogP contribution in [0.5, 0.6) is 5.75 Å². The van der Waals surface area contributed by atoms with E-state index >= 15 is 0 Å². The molecule has 1 atom stereocenters. The highest BCUT2D eigenvalue weighted by Crippen LogP contribution is 2.26. The summed E-state index contributed by atoms with van der Waals surface area (Å²) in [4.78, 5) is 11.7. The molecule has 0 fully saturated rings. The smallest absolute Gasteiger partial charge is 0.244 e. The Hall–Kier alpha value is -2.20. The first-order valence-electron chi connectivity index (χ1n) is 6.06. The lowest BCUT2D eigenvalue weighted by molar-refractivity contribution is -0.118. The lowest BCUT2D eigenvalue weighted by atomic mass is 10.1. The van der Waals surface area contributed by atoms with Gasteiger partial charge >= 0.3 is 0 Å². The molecule has 5 heteroatoms. The molecule has 0 aliphatic carbocycles. The van der Waals surface area contributed by atoms with Crippen LogP contribution >= 0.6 is 11.6 Å². The summed E-state index contributed by atoms with van der Waals surface area (Å²) in [5, 5.41) is 3.57. The van der Waals surface area contributed by atoms with Crippen LogP contribution in [0.2, 0.25) is 5.02 Å². The monoisotopic (exact) mass is 290 g/mol. The van der Waals surface area contributed by atoms with E-state index in [1.54, 1.807) is 37.4 Å². The highest BCUT2D eigenvalue weighted by Gasteiger charge is 2.19. The first kappa shape index (κ1) is 14.2. The number of primary amides is 1. The van der Waals surface area contributed by atoms with E-state index in [2.05, 4.69) is 5.32 Å². The highest BCUT2D eigenvalue weighted by atomic mass is 35.5. The van der Waals surface area contributed by atoms with E-state index in [0.717, 1.165) is 11.4 Å². The molecule has 1 amide bonds. The summed E-state index contributed by atoms with van der Waals surface area (Å²) in [5.41, 5.74) is 6.87. The first-order valence-corrected chi connectivity index (χ1v) is 6.44.